The highest BCUT2D eigenvalue weighted by atomic mass is 32.1. The molecule has 3 N–H and O–H groups in total. The molecule has 0 bridgehead atoms. The largest absolute Gasteiger partial charge is 0.358 e. The minimum atomic E-state index is -0.194. The summed E-state index contributed by atoms with van der Waals surface area (Å²) in [6.07, 6.45) is 4.52. The number of hydrogen-bond acceptors (Lipinski definition) is 3. The summed E-state index contributed by atoms with van der Waals surface area (Å²) < 4.78 is 0. The maximum atomic E-state index is 13.0. The lowest BCUT2D eigenvalue weighted by molar-refractivity contribution is 0.101. The van der Waals surface area contributed by atoms with Crippen LogP contribution in [0.1, 0.15) is 44.1 Å². The van der Waals surface area contributed by atoms with Gasteiger partial charge in [-0.1, -0.05) is 18.2 Å². The highest BCUT2D eigenvalue weighted by Gasteiger charge is 2.18. The lowest BCUT2D eigenvalue weighted by atomic mass is 9.95. The summed E-state index contributed by atoms with van der Waals surface area (Å²) in [6.45, 7) is 0. The van der Waals surface area contributed by atoms with Gasteiger partial charge in [0.2, 0.25) is 0 Å². The predicted molar refractivity (Wildman–Crippen MR) is 122 cm³/mol. The number of rotatable bonds is 4. The average Bonchev–Trinajstić information content (AvgIpc) is 3.43. The van der Waals surface area contributed by atoms with E-state index in [1.54, 1.807) is 18.2 Å². The number of aromatic amines is 1. The predicted octanol–water partition coefficient (Wildman–Crippen LogP) is 5.61. The molecule has 5 nitrogen and oxygen atoms in total. The molecule has 0 fully saturated rings. The number of hydrogen-bond donors (Lipinski definition) is 3. The van der Waals surface area contributed by atoms with Crippen LogP contribution in [0.4, 0.5) is 11.4 Å². The molecule has 30 heavy (non-hydrogen) atoms. The van der Waals surface area contributed by atoms with Crippen LogP contribution in [0, 0.1) is 0 Å². The van der Waals surface area contributed by atoms with Crippen molar-refractivity contribution >= 4 is 45.4 Å². The number of carbonyl (C=O) groups is 2. The van der Waals surface area contributed by atoms with Gasteiger partial charge in [0, 0.05) is 22.2 Å². The summed E-state index contributed by atoms with van der Waals surface area (Å²) >= 11 is 1.38. The van der Waals surface area contributed by atoms with E-state index < -0.39 is 0 Å². The fourth-order valence-corrected chi connectivity index (χ4v) is 4.65. The third-order valence-electron chi connectivity index (χ3n) is 5.53. The normalized spacial score (nSPS) is 13.1. The molecule has 2 aromatic carbocycles. The number of anilines is 2. The van der Waals surface area contributed by atoms with Crippen LogP contribution in [0.2, 0.25) is 0 Å². The monoisotopic (exact) mass is 415 g/mol. The summed E-state index contributed by atoms with van der Waals surface area (Å²) in [5.41, 5.74) is 5.48. The summed E-state index contributed by atoms with van der Waals surface area (Å²) in [5.74, 6) is -0.382. The van der Waals surface area contributed by atoms with Gasteiger partial charge in [0.15, 0.2) is 0 Å². The van der Waals surface area contributed by atoms with Crippen LogP contribution in [0.3, 0.4) is 0 Å². The van der Waals surface area contributed by atoms with Crippen molar-refractivity contribution < 1.29 is 9.59 Å². The highest BCUT2D eigenvalue weighted by Crippen LogP contribution is 2.30. The Morgan fingerprint density at radius 3 is 2.40 bits per heavy atom. The molecule has 0 saturated heterocycles. The standard InChI is InChI=1S/C24H21N3O2S/c28-23(15-11-12-19-17(14-15)16-6-1-2-7-18(16)25-19)26-20-8-3-4-9-21(20)27-24(29)22-10-5-13-30-22/h3-5,8-14,25H,1-2,6-7H2,(H,26,28)(H,27,29). The second-order valence-corrected chi connectivity index (χ2v) is 8.43. The van der Waals surface area contributed by atoms with E-state index in [4.69, 9.17) is 0 Å². The molecule has 0 spiro atoms. The van der Waals surface area contributed by atoms with E-state index in [0.717, 1.165) is 23.7 Å². The first-order valence-corrected chi connectivity index (χ1v) is 11.0. The van der Waals surface area contributed by atoms with Gasteiger partial charge in [0.1, 0.15) is 0 Å². The first-order valence-electron chi connectivity index (χ1n) is 10.1. The first-order chi connectivity index (χ1) is 14.7. The molecule has 1 aliphatic rings. The number of para-hydroxylation sites is 2. The number of fused-ring (bicyclic) bond motifs is 3. The van der Waals surface area contributed by atoms with Crippen LogP contribution in [0.25, 0.3) is 10.9 Å². The van der Waals surface area contributed by atoms with Crippen LogP contribution in [0.5, 0.6) is 0 Å². The van der Waals surface area contributed by atoms with E-state index in [1.165, 1.54) is 35.4 Å². The number of thiophene rings is 1. The SMILES string of the molecule is O=C(Nc1ccccc1NC(=O)c1cccs1)c1ccc2[nH]c3c(c2c1)CCCC3. The average molecular weight is 416 g/mol. The van der Waals surface area contributed by atoms with Gasteiger partial charge in [-0.3, -0.25) is 9.59 Å². The number of benzene rings is 2. The number of aryl methyl sites for hydroxylation is 2. The Morgan fingerprint density at radius 1 is 0.867 bits per heavy atom. The van der Waals surface area contributed by atoms with Gasteiger partial charge in [-0.2, -0.15) is 0 Å². The van der Waals surface area contributed by atoms with Gasteiger partial charge in [-0.15, -0.1) is 11.3 Å². The van der Waals surface area contributed by atoms with Crippen molar-refractivity contribution in [1.29, 1.82) is 0 Å². The molecule has 2 heterocycles. The molecule has 2 amide bonds. The molecule has 0 atom stereocenters. The van der Waals surface area contributed by atoms with Crippen molar-refractivity contribution in [1.82, 2.24) is 4.98 Å². The molecule has 1 aliphatic carbocycles. The minimum absolute atomic E-state index is 0.188. The molecule has 4 aromatic rings. The van der Waals surface area contributed by atoms with Crippen molar-refractivity contribution in [3.05, 3.63) is 81.7 Å². The van der Waals surface area contributed by atoms with Crippen molar-refractivity contribution in [3.8, 4) is 0 Å². The Balaban J connectivity index is 1.40. The van der Waals surface area contributed by atoms with Crippen LogP contribution < -0.4 is 10.6 Å². The van der Waals surface area contributed by atoms with E-state index in [2.05, 4.69) is 15.6 Å². The summed E-state index contributed by atoms with van der Waals surface area (Å²) in [5, 5.41) is 8.84. The summed E-state index contributed by atoms with van der Waals surface area (Å²) in [4.78, 5) is 29.5. The molecule has 5 rings (SSSR count). The van der Waals surface area contributed by atoms with Gasteiger partial charge in [-0.05, 0) is 73.0 Å². The second kappa shape index (κ2) is 7.80. The molecule has 2 aromatic heterocycles. The Kier molecular flexibility index (Phi) is 4.85. The number of carbonyl (C=O) groups excluding carboxylic acids is 2. The molecule has 150 valence electrons. The van der Waals surface area contributed by atoms with E-state index in [0.29, 0.717) is 21.8 Å². The smallest absolute Gasteiger partial charge is 0.265 e. The van der Waals surface area contributed by atoms with Crippen molar-refractivity contribution in [2.45, 2.75) is 25.7 Å². The molecule has 0 radical (unpaired) electrons. The zero-order valence-electron chi connectivity index (χ0n) is 16.3. The molecule has 6 heteroatoms. The van der Waals surface area contributed by atoms with Crippen molar-refractivity contribution in [2.24, 2.45) is 0 Å². The second-order valence-electron chi connectivity index (χ2n) is 7.48. The van der Waals surface area contributed by atoms with Crippen molar-refractivity contribution in [2.75, 3.05) is 10.6 Å². The van der Waals surface area contributed by atoms with Crippen LogP contribution >= 0.6 is 11.3 Å². The maximum Gasteiger partial charge on any atom is 0.265 e. The lowest BCUT2D eigenvalue weighted by Gasteiger charge is -2.12. The van der Waals surface area contributed by atoms with Crippen LogP contribution in [-0.2, 0) is 12.8 Å². The van der Waals surface area contributed by atoms with E-state index in [9.17, 15) is 9.59 Å². The lowest BCUT2D eigenvalue weighted by Crippen LogP contribution is -2.16. The van der Waals surface area contributed by atoms with Gasteiger partial charge >= 0.3 is 0 Å². The Labute approximate surface area is 178 Å². The van der Waals surface area contributed by atoms with Gasteiger partial charge in [0.25, 0.3) is 11.8 Å². The topological polar surface area (TPSA) is 74.0 Å². The molecular weight excluding hydrogens is 394 g/mol. The highest BCUT2D eigenvalue weighted by molar-refractivity contribution is 7.12. The number of aromatic nitrogens is 1. The minimum Gasteiger partial charge on any atom is -0.358 e. The van der Waals surface area contributed by atoms with Gasteiger partial charge in [-0.25, -0.2) is 0 Å². The third kappa shape index (κ3) is 3.50. The molecular formula is C24H21N3O2S. The summed E-state index contributed by atoms with van der Waals surface area (Å²) in [7, 11) is 0. The zero-order chi connectivity index (χ0) is 20.5. The van der Waals surface area contributed by atoms with Gasteiger partial charge in [0.05, 0.1) is 16.3 Å². The zero-order valence-corrected chi connectivity index (χ0v) is 17.1. The molecule has 0 unspecified atom stereocenters. The molecule has 0 aliphatic heterocycles. The third-order valence-corrected chi connectivity index (χ3v) is 6.40. The number of H-pyrrole nitrogens is 1. The summed E-state index contributed by atoms with van der Waals surface area (Å²) in [6, 6.07) is 16.6. The Bertz CT molecular complexity index is 1240. The fourth-order valence-electron chi connectivity index (χ4n) is 4.03. The maximum absolute atomic E-state index is 13.0. The van der Waals surface area contributed by atoms with Gasteiger partial charge < -0.3 is 15.6 Å². The Morgan fingerprint density at radius 2 is 1.63 bits per heavy atom. The number of amides is 2. The van der Waals surface area contributed by atoms with Crippen molar-refractivity contribution in [3.63, 3.8) is 0 Å². The Hall–Kier alpha value is -3.38. The fraction of sp³-hybridized carbons (Fsp3) is 0.167. The van der Waals surface area contributed by atoms with Crippen LogP contribution in [0.15, 0.2) is 60.0 Å². The van der Waals surface area contributed by atoms with E-state index in [-0.39, 0.29) is 11.8 Å². The van der Waals surface area contributed by atoms with Crippen LogP contribution in [-0.4, -0.2) is 16.8 Å². The quantitative estimate of drug-likeness (QED) is 0.405. The van der Waals surface area contributed by atoms with E-state index >= 15 is 0 Å². The first kappa shape index (κ1) is 18.6. The van der Waals surface area contributed by atoms with E-state index in [1.807, 2.05) is 41.8 Å². The number of nitrogens with one attached hydrogen (secondary N) is 3. The molecule has 0 saturated carbocycles.